The van der Waals surface area contributed by atoms with Crippen molar-refractivity contribution in [2.24, 2.45) is 5.10 Å². The van der Waals surface area contributed by atoms with Crippen molar-refractivity contribution in [2.45, 2.75) is 6.92 Å². The predicted octanol–water partition coefficient (Wildman–Crippen LogP) is 3.95. The zero-order chi connectivity index (χ0) is 22.7. The first-order valence-corrected chi connectivity index (χ1v) is 9.65. The molecule has 8 heteroatoms. The summed E-state index contributed by atoms with van der Waals surface area (Å²) >= 11 is 0. The van der Waals surface area contributed by atoms with Crippen molar-refractivity contribution in [3.63, 3.8) is 0 Å². The molecule has 32 heavy (non-hydrogen) atoms. The van der Waals surface area contributed by atoms with E-state index in [0.29, 0.717) is 28.0 Å². The number of benzene rings is 3. The number of aromatic nitrogens is 2. The van der Waals surface area contributed by atoms with Crippen molar-refractivity contribution in [2.75, 3.05) is 7.11 Å². The number of rotatable bonds is 5. The number of aryl methyl sites for hydroxylation is 1. The van der Waals surface area contributed by atoms with Gasteiger partial charge in [0.1, 0.15) is 11.6 Å². The average molecular weight is 431 g/mol. The molecule has 4 rings (SSSR count). The molecule has 0 aliphatic rings. The van der Waals surface area contributed by atoms with Crippen molar-refractivity contribution in [3.05, 3.63) is 99.9 Å². The fourth-order valence-corrected chi connectivity index (χ4v) is 3.09. The molecule has 7 nitrogen and oxygen atoms in total. The van der Waals surface area contributed by atoms with Crippen LogP contribution in [-0.2, 0) is 0 Å². The molecule has 0 unspecified atom stereocenters. The summed E-state index contributed by atoms with van der Waals surface area (Å²) in [6.07, 6.45) is 1.49. The van der Waals surface area contributed by atoms with Crippen LogP contribution in [0.4, 0.5) is 4.39 Å². The smallest absolute Gasteiger partial charge is 0.343 e. The standard InChI is InChI=1S/C24H18FN3O4/c1-15-27-20-6-4-3-5-19(20)23(29)28(15)26-14-16-7-12-21(22(13-16)31-2)32-24(30)17-8-10-18(25)11-9-17/h3-14H,1-2H3/b26-14+. The zero-order valence-electron chi connectivity index (χ0n) is 17.3. The minimum Gasteiger partial charge on any atom is -0.493 e. The maximum absolute atomic E-state index is 13.1. The summed E-state index contributed by atoms with van der Waals surface area (Å²) in [6.45, 7) is 1.70. The number of fused-ring (bicyclic) bond motifs is 1. The van der Waals surface area contributed by atoms with Gasteiger partial charge in [0, 0.05) is 0 Å². The van der Waals surface area contributed by atoms with Gasteiger partial charge >= 0.3 is 5.97 Å². The van der Waals surface area contributed by atoms with Crippen LogP contribution >= 0.6 is 0 Å². The fraction of sp³-hybridized carbons (Fsp3) is 0.0833. The van der Waals surface area contributed by atoms with Crippen LogP contribution in [0.2, 0.25) is 0 Å². The van der Waals surface area contributed by atoms with Crippen LogP contribution in [0.1, 0.15) is 21.7 Å². The maximum atomic E-state index is 13.1. The highest BCUT2D eigenvalue weighted by molar-refractivity contribution is 5.91. The van der Waals surface area contributed by atoms with E-state index in [1.165, 1.54) is 42.3 Å². The number of hydrogen-bond donors (Lipinski definition) is 0. The number of nitrogens with zero attached hydrogens (tertiary/aromatic N) is 3. The molecule has 0 fully saturated rings. The van der Waals surface area contributed by atoms with Gasteiger partial charge in [-0.15, -0.1) is 0 Å². The normalized spacial score (nSPS) is 11.1. The third kappa shape index (κ3) is 4.24. The Morgan fingerprint density at radius 1 is 1.06 bits per heavy atom. The summed E-state index contributed by atoms with van der Waals surface area (Å²) < 4.78 is 25.0. The van der Waals surface area contributed by atoms with E-state index < -0.39 is 11.8 Å². The van der Waals surface area contributed by atoms with Gasteiger partial charge in [0.05, 0.1) is 29.8 Å². The van der Waals surface area contributed by atoms with E-state index >= 15 is 0 Å². The summed E-state index contributed by atoms with van der Waals surface area (Å²) in [5, 5.41) is 4.73. The van der Waals surface area contributed by atoms with Gasteiger partial charge in [0.25, 0.3) is 5.56 Å². The zero-order valence-corrected chi connectivity index (χ0v) is 17.3. The lowest BCUT2D eigenvalue weighted by Gasteiger charge is -2.10. The van der Waals surface area contributed by atoms with Crippen LogP contribution in [-0.4, -0.2) is 29.0 Å². The van der Waals surface area contributed by atoms with E-state index in [-0.39, 0.29) is 16.9 Å². The number of hydrogen-bond acceptors (Lipinski definition) is 6. The number of ether oxygens (including phenoxy) is 2. The second kappa shape index (κ2) is 8.81. The van der Waals surface area contributed by atoms with Gasteiger partial charge in [-0.05, 0) is 67.1 Å². The minimum absolute atomic E-state index is 0.194. The van der Waals surface area contributed by atoms with Gasteiger partial charge < -0.3 is 9.47 Å². The molecule has 1 heterocycles. The van der Waals surface area contributed by atoms with Crippen LogP contribution in [0.15, 0.2) is 76.6 Å². The summed E-state index contributed by atoms with van der Waals surface area (Å²) in [7, 11) is 1.44. The summed E-state index contributed by atoms with van der Waals surface area (Å²) in [6, 6.07) is 16.9. The van der Waals surface area contributed by atoms with Crippen LogP contribution < -0.4 is 15.0 Å². The lowest BCUT2D eigenvalue weighted by molar-refractivity contribution is 0.0729. The second-order valence-electron chi connectivity index (χ2n) is 6.84. The molecule has 0 aliphatic carbocycles. The molecule has 0 saturated carbocycles. The molecule has 0 atom stereocenters. The fourth-order valence-electron chi connectivity index (χ4n) is 3.09. The van der Waals surface area contributed by atoms with Gasteiger partial charge in [0.2, 0.25) is 0 Å². The van der Waals surface area contributed by atoms with E-state index in [1.807, 2.05) is 6.07 Å². The molecular formula is C24H18FN3O4. The molecule has 0 N–H and O–H groups in total. The SMILES string of the molecule is COc1cc(/C=N/n2c(C)nc3ccccc3c2=O)ccc1OC(=O)c1ccc(F)cc1. The van der Waals surface area contributed by atoms with Gasteiger partial charge in [-0.1, -0.05) is 12.1 Å². The van der Waals surface area contributed by atoms with Crippen molar-refractivity contribution < 1.29 is 18.7 Å². The Morgan fingerprint density at radius 3 is 2.56 bits per heavy atom. The molecule has 0 spiro atoms. The first-order chi connectivity index (χ1) is 15.5. The Bertz CT molecular complexity index is 1400. The van der Waals surface area contributed by atoms with E-state index in [9.17, 15) is 14.0 Å². The number of para-hydroxylation sites is 1. The number of methoxy groups -OCH3 is 1. The Morgan fingerprint density at radius 2 is 1.81 bits per heavy atom. The highest BCUT2D eigenvalue weighted by Crippen LogP contribution is 2.28. The number of halogens is 1. The minimum atomic E-state index is -0.644. The van der Waals surface area contributed by atoms with E-state index in [1.54, 1.807) is 43.3 Å². The Labute approximate surface area is 182 Å². The summed E-state index contributed by atoms with van der Waals surface area (Å²) in [4.78, 5) is 29.4. The lowest BCUT2D eigenvalue weighted by Crippen LogP contribution is -2.20. The molecule has 160 valence electrons. The monoisotopic (exact) mass is 431 g/mol. The summed E-state index contributed by atoms with van der Waals surface area (Å²) in [5.74, 6) is -0.153. The van der Waals surface area contributed by atoms with Crippen LogP contribution in [0.3, 0.4) is 0 Å². The Hall–Kier alpha value is -4.33. The van der Waals surface area contributed by atoms with E-state index in [4.69, 9.17) is 9.47 Å². The molecular weight excluding hydrogens is 413 g/mol. The number of carbonyl (C=O) groups is 1. The topological polar surface area (TPSA) is 82.8 Å². The summed E-state index contributed by atoms with van der Waals surface area (Å²) in [5.41, 5.74) is 1.15. The van der Waals surface area contributed by atoms with Crippen molar-refractivity contribution >= 4 is 23.1 Å². The quantitative estimate of drug-likeness (QED) is 0.271. The van der Waals surface area contributed by atoms with Crippen LogP contribution in [0.5, 0.6) is 11.5 Å². The molecule has 0 saturated heterocycles. The molecule has 0 aliphatic heterocycles. The predicted molar refractivity (Wildman–Crippen MR) is 118 cm³/mol. The van der Waals surface area contributed by atoms with Crippen molar-refractivity contribution in [1.82, 2.24) is 9.66 Å². The molecule has 3 aromatic carbocycles. The molecule has 0 bridgehead atoms. The van der Waals surface area contributed by atoms with Crippen molar-refractivity contribution in [1.29, 1.82) is 0 Å². The van der Waals surface area contributed by atoms with E-state index in [2.05, 4.69) is 10.1 Å². The third-order valence-corrected chi connectivity index (χ3v) is 4.71. The van der Waals surface area contributed by atoms with E-state index in [0.717, 1.165) is 0 Å². The lowest BCUT2D eigenvalue weighted by atomic mass is 10.2. The number of esters is 1. The van der Waals surface area contributed by atoms with Gasteiger partial charge in [-0.25, -0.2) is 14.2 Å². The third-order valence-electron chi connectivity index (χ3n) is 4.71. The first-order valence-electron chi connectivity index (χ1n) is 9.65. The molecule has 0 radical (unpaired) electrons. The van der Waals surface area contributed by atoms with Gasteiger partial charge in [0.15, 0.2) is 11.5 Å². The van der Waals surface area contributed by atoms with Crippen molar-refractivity contribution in [3.8, 4) is 11.5 Å². The average Bonchev–Trinajstić information content (AvgIpc) is 2.80. The molecule has 4 aromatic rings. The maximum Gasteiger partial charge on any atom is 0.343 e. The van der Waals surface area contributed by atoms with Crippen LogP contribution in [0.25, 0.3) is 10.9 Å². The van der Waals surface area contributed by atoms with Gasteiger partial charge in [-0.2, -0.15) is 9.78 Å². The molecule has 1 aromatic heterocycles. The molecule has 0 amide bonds. The largest absolute Gasteiger partial charge is 0.493 e. The first kappa shape index (κ1) is 20.9. The van der Waals surface area contributed by atoms with Gasteiger partial charge in [-0.3, -0.25) is 4.79 Å². The highest BCUT2D eigenvalue weighted by atomic mass is 19.1. The number of carbonyl (C=O) groups excluding carboxylic acids is 1. The highest BCUT2D eigenvalue weighted by Gasteiger charge is 2.13. The Balaban J connectivity index is 1.60. The van der Waals surface area contributed by atoms with Crippen LogP contribution in [0, 0.1) is 12.7 Å². The second-order valence-corrected chi connectivity index (χ2v) is 6.84. The Kier molecular flexibility index (Phi) is 5.76.